The van der Waals surface area contributed by atoms with E-state index in [1.54, 1.807) is 6.92 Å². The van der Waals surface area contributed by atoms with Gasteiger partial charge in [-0.2, -0.15) is 0 Å². The van der Waals surface area contributed by atoms with E-state index in [0.29, 0.717) is 5.02 Å². The molecular formula is C15H16Cl2O7S. The van der Waals surface area contributed by atoms with Crippen LogP contribution in [0.15, 0.2) is 18.2 Å². The molecule has 0 N–H and O–H groups in total. The van der Waals surface area contributed by atoms with Crippen molar-refractivity contribution in [3.63, 3.8) is 0 Å². The fourth-order valence-corrected chi connectivity index (χ4v) is 2.17. The summed E-state index contributed by atoms with van der Waals surface area (Å²) in [5.74, 6) is -2.42. The van der Waals surface area contributed by atoms with E-state index in [1.165, 1.54) is 25.1 Å². The number of benzene rings is 1. The van der Waals surface area contributed by atoms with Gasteiger partial charge in [-0.05, 0) is 32.0 Å². The predicted molar refractivity (Wildman–Crippen MR) is 93.1 cm³/mol. The van der Waals surface area contributed by atoms with Gasteiger partial charge in [-0.3, -0.25) is 4.79 Å². The Balaban J connectivity index is 2.67. The van der Waals surface area contributed by atoms with Crippen molar-refractivity contribution in [2.75, 3.05) is 13.2 Å². The van der Waals surface area contributed by atoms with Crippen molar-refractivity contribution < 1.29 is 33.3 Å². The number of halogens is 2. The van der Waals surface area contributed by atoms with Crippen LogP contribution in [0.25, 0.3) is 0 Å². The molecule has 0 aliphatic heterocycles. The maximum absolute atomic E-state index is 11.9. The standard InChI is InChI=1S/C15H16Cl2O7S/c1-3-21-13(19)8(2)14(24-15(20)25)23-12(18)7-22-11-5-4-9(16)6-10(11)17/h4-6,8,14H,3,7H2,1-2H3,(H,20,25). The molecule has 0 saturated carbocycles. The summed E-state index contributed by atoms with van der Waals surface area (Å²) >= 11 is 15.1. The van der Waals surface area contributed by atoms with Gasteiger partial charge in [-0.15, -0.1) is 0 Å². The van der Waals surface area contributed by atoms with Crippen molar-refractivity contribution in [1.82, 2.24) is 0 Å². The Morgan fingerprint density at radius 2 is 1.88 bits per heavy atom. The second kappa shape index (κ2) is 10.4. The molecule has 1 aromatic carbocycles. The number of hydrogen-bond donors (Lipinski definition) is 1. The minimum Gasteiger partial charge on any atom is -0.480 e. The summed E-state index contributed by atoms with van der Waals surface area (Å²) in [6, 6.07) is 4.45. The number of esters is 2. The highest BCUT2D eigenvalue weighted by atomic mass is 35.5. The van der Waals surface area contributed by atoms with Gasteiger partial charge in [-0.1, -0.05) is 35.8 Å². The summed E-state index contributed by atoms with van der Waals surface area (Å²) < 4.78 is 19.7. The van der Waals surface area contributed by atoms with Crippen LogP contribution in [-0.2, 0) is 23.8 Å². The second-order valence-electron chi connectivity index (χ2n) is 4.65. The van der Waals surface area contributed by atoms with Gasteiger partial charge in [0.2, 0.25) is 0 Å². The van der Waals surface area contributed by atoms with Crippen LogP contribution in [0, 0.1) is 5.92 Å². The van der Waals surface area contributed by atoms with E-state index in [2.05, 4.69) is 12.6 Å². The number of ether oxygens (including phenoxy) is 4. The average molecular weight is 411 g/mol. The quantitative estimate of drug-likeness (QED) is 0.398. The molecule has 138 valence electrons. The predicted octanol–water partition coefficient (Wildman–Crippen LogP) is 3.51. The Morgan fingerprint density at radius 1 is 1.20 bits per heavy atom. The van der Waals surface area contributed by atoms with Crippen LogP contribution < -0.4 is 4.74 Å². The summed E-state index contributed by atoms with van der Waals surface area (Å²) in [7, 11) is 0. The molecule has 1 aromatic rings. The van der Waals surface area contributed by atoms with Gasteiger partial charge in [0.1, 0.15) is 11.7 Å². The van der Waals surface area contributed by atoms with Crippen LogP contribution in [0.3, 0.4) is 0 Å². The number of hydrogen-bond acceptors (Lipinski definition) is 7. The third-order valence-corrected chi connectivity index (χ3v) is 3.41. The molecule has 0 saturated heterocycles. The Kier molecular flexibility index (Phi) is 8.88. The van der Waals surface area contributed by atoms with Crippen molar-refractivity contribution >= 4 is 53.1 Å². The molecule has 10 heteroatoms. The molecule has 1 rings (SSSR count). The fourth-order valence-electron chi connectivity index (χ4n) is 1.60. The maximum atomic E-state index is 11.9. The van der Waals surface area contributed by atoms with Gasteiger partial charge >= 0.3 is 17.2 Å². The lowest BCUT2D eigenvalue weighted by Crippen LogP contribution is -2.36. The third-order valence-electron chi connectivity index (χ3n) is 2.77. The van der Waals surface area contributed by atoms with Crippen molar-refractivity contribution in [1.29, 1.82) is 0 Å². The van der Waals surface area contributed by atoms with E-state index >= 15 is 0 Å². The summed E-state index contributed by atoms with van der Waals surface area (Å²) in [5, 5.41) is -0.405. The first kappa shape index (κ1) is 21.4. The molecule has 0 amide bonds. The van der Waals surface area contributed by atoms with Crippen LogP contribution in [0.2, 0.25) is 10.0 Å². The Bertz CT molecular complexity index is 638. The van der Waals surface area contributed by atoms with E-state index in [9.17, 15) is 14.4 Å². The van der Waals surface area contributed by atoms with Crippen LogP contribution >= 0.6 is 35.8 Å². The summed E-state index contributed by atoms with van der Waals surface area (Å²) in [4.78, 5) is 34.6. The van der Waals surface area contributed by atoms with Crippen molar-refractivity contribution in [3.05, 3.63) is 28.2 Å². The molecule has 25 heavy (non-hydrogen) atoms. The van der Waals surface area contributed by atoms with Crippen LogP contribution in [0.4, 0.5) is 4.79 Å². The maximum Gasteiger partial charge on any atom is 0.367 e. The highest BCUT2D eigenvalue weighted by Gasteiger charge is 2.31. The fraction of sp³-hybridized carbons (Fsp3) is 0.400. The highest BCUT2D eigenvalue weighted by Crippen LogP contribution is 2.27. The summed E-state index contributed by atoms with van der Waals surface area (Å²) in [5.41, 5.74) is 0. The number of rotatable bonds is 8. The molecule has 0 bridgehead atoms. The van der Waals surface area contributed by atoms with E-state index in [-0.39, 0.29) is 17.4 Å². The molecular weight excluding hydrogens is 395 g/mol. The smallest absolute Gasteiger partial charge is 0.367 e. The van der Waals surface area contributed by atoms with Gasteiger partial charge in [0.05, 0.1) is 11.6 Å². The highest BCUT2D eigenvalue weighted by molar-refractivity contribution is 7.96. The lowest BCUT2D eigenvalue weighted by atomic mass is 10.2. The number of thiol groups is 1. The number of carbonyl (C=O) groups is 3. The van der Waals surface area contributed by atoms with Gasteiger partial charge < -0.3 is 18.9 Å². The first-order valence-corrected chi connectivity index (χ1v) is 8.28. The van der Waals surface area contributed by atoms with Gasteiger partial charge in [0, 0.05) is 5.02 Å². The normalized spacial score (nSPS) is 12.7. The molecule has 0 heterocycles. The zero-order valence-electron chi connectivity index (χ0n) is 13.4. The second-order valence-corrected chi connectivity index (χ2v) is 5.85. The average Bonchev–Trinajstić information content (AvgIpc) is 2.52. The summed E-state index contributed by atoms with van der Waals surface area (Å²) in [6.45, 7) is 2.58. The van der Waals surface area contributed by atoms with Crippen LogP contribution in [0.5, 0.6) is 5.75 Å². The van der Waals surface area contributed by atoms with E-state index < -0.39 is 36.1 Å². The van der Waals surface area contributed by atoms with E-state index in [1.807, 2.05) is 0 Å². The van der Waals surface area contributed by atoms with Crippen molar-refractivity contribution in [3.8, 4) is 5.75 Å². The van der Waals surface area contributed by atoms with Crippen molar-refractivity contribution in [2.45, 2.75) is 20.1 Å². The lowest BCUT2D eigenvalue weighted by molar-refractivity contribution is -0.184. The van der Waals surface area contributed by atoms with Gasteiger partial charge in [-0.25, -0.2) is 9.59 Å². The molecule has 0 radical (unpaired) electrons. The molecule has 2 atom stereocenters. The Morgan fingerprint density at radius 3 is 2.44 bits per heavy atom. The zero-order chi connectivity index (χ0) is 19.0. The largest absolute Gasteiger partial charge is 0.480 e. The third kappa shape index (κ3) is 7.41. The van der Waals surface area contributed by atoms with Crippen LogP contribution in [-0.4, -0.2) is 36.7 Å². The molecule has 0 aliphatic carbocycles. The van der Waals surface area contributed by atoms with Crippen molar-refractivity contribution in [2.24, 2.45) is 5.92 Å². The first-order valence-electron chi connectivity index (χ1n) is 7.08. The topological polar surface area (TPSA) is 88.1 Å². The van der Waals surface area contributed by atoms with E-state index in [4.69, 9.17) is 42.1 Å². The molecule has 0 aromatic heterocycles. The lowest BCUT2D eigenvalue weighted by Gasteiger charge is -2.21. The Labute approximate surface area is 159 Å². The molecule has 2 unspecified atom stereocenters. The van der Waals surface area contributed by atoms with Crippen LogP contribution in [0.1, 0.15) is 13.8 Å². The number of carbonyl (C=O) groups excluding carboxylic acids is 3. The molecule has 0 spiro atoms. The first-order chi connectivity index (χ1) is 11.7. The minimum atomic E-state index is -1.50. The molecule has 0 fully saturated rings. The molecule has 7 nitrogen and oxygen atoms in total. The van der Waals surface area contributed by atoms with Gasteiger partial charge in [0.25, 0.3) is 6.29 Å². The van der Waals surface area contributed by atoms with Gasteiger partial charge in [0.15, 0.2) is 6.61 Å². The molecule has 0 aliphatic rings. The summed E-state index contributed by atoms with van der Waals surface area (Å²) in [6.07, 6.45) is -1.50. The monoisotopic (exact) mass is 410 g/mol. The zero-order valence-corrected chi connectivity index (χ0v) is 15.8. The van der Waals surface area contributed by atoms with E-state index in [0.717, 1.165) is 0 Å². The SMILES string of the molecule is CCOC(=O)C(C)C(OC(=O)S)OC(=O)COc1ccc(Cl)cc1Cl. The Hall–Kier alpha value is -1.64. The minimum absolute atomic E-state index is 0.122.